The molecule has 26 heteroatoms. The molecule has 0 fully saturated rings. The molecule has 4 heterocycles. The Morgan fingerprint density at radius 2 is 1.01 bits per heavy atom. The first kappa shape index (κ1) is 62.8. The lowest BCUT2D eigenvalue weighted by Crippen LogP contribution is -2.44. The number of halogens is 14. The molecule has 0 radical (unpaired) electrons. The van der Waals surface area contributed by atoms with Gasteiger partial charge in [0.25, 0.3) is 11.4 Å². The number of benzene rings is 2. The lowest BCUT2D eigenvalue weighted by atomic mass is 10.0. The van der Waals surface area contributed by atoms with Crippen molar-refractivity contribution in [2.45, 2.75) is 70.1 Å². The van der Waals surface area contributed by atoms with E-state index in [1.54, 1.807) is 0 Å². The number of rotatable bonds is 28. The summed E-state index contributed by atoms with van der Waals surface area (Å²) in [5, 5.41) is 2.71. The molecule has 0 bridgehead atoms. The van der Waals surface area contributed by atoms with E-state index < -0.39 is 100 Å². The summed E-state index contributed by atoms with van der Waals surface area (Å²) in [6.45, 7) is 1.65. The van der Waals surface area contributed by atoms with Crippen molar-refractivity contribution in [3.8, 4) is 34.2 Å². The van der Waals surface area contributed by atoms with Crippen molar-refractivity contribution < 1.29 is 99.1 Å². The normalized spacial score (nSPS) is 12.2. The number of aromatic nitrogens is 6. The number of ether oxygens (including phenoxy) is 4. The number of amides is 1. The van der Waals surface area contributed by atoms with Crippen molar-refractivity contribution in [2.75, 3.05) is 65.3 Å². The molecule has 2 aromatic carbocycles. The van der Waals surface area contributed by atoms with Gasteiger partial charge >= 0.3 is 30.2 Å². The lowest BCUT2D eigenvalue weighted by Gasteiger charge is -2.13. The maximum Gasteiger partial charge on any atom is 0.423 e. The highest BCUT2D eigenvalue weighted by Gasteiger charge is 2.39. The zero-order chi connectivity index (χ0) is 58.2. The Labute approximate surface area is 456 Å². The van der Waals surface area contributed by atoms with Gasteiger partial charge in [-0.1, -0.05) is 12.8 Å². The van der Waals surface area contributed by atoms with E-state index in [2.05, 4.69) is 15.3 Å². The Balaban J connectivity index is 1.26. The Bertz CT molecular complexity index is 3060. The van der Waals surface area contributed by atoms with Crippen LogP contribution < -0.4 is 23.6 Å². The van der Waals surface area contributed by atoms with Crippen LogP contribution in [0.1, 0.15) is 65.5 Å². The van der Waals surface area contributed by atoms with Crippen LogP contribution in [0.15, 0.2) is 85.7 Å². The monoisotopic (exact) mass is 1170 g/mol. The molecule has 12 nitrogen and oxygen atoms in total. The number of pyridine rings is 2. The van der Waals surface area contributed by atoms with Gasteiger partial charge < -0.3 is 24.3 Å². The van der Waals surface area contributed by atoms with E-state index in [0.717, 1.165) is 71.8 Å². The van der Waals surface area contributed by atoms with E-state index in [-0.39, 0.29) is 61.7 Å². The van der Waals surface area contributed by atoms with Gasteiger partial charge in [0.1, 0.15) is 57.9 Å². The van der Waals surface area contributed by atoms with Crippen molar-refractivity contribution in [1.82, 2.24) is 15.3 Å². The molecule has 80 heavy (non-hydrogen) atoms. The Hall–Kier alpha value is -6.41. The third kappa shape index (κ3) is 18.0. The largest absolute Gasteiger partial charge is 0.423 e. The summed E-state index contributed by atoms with van der Waals surface area (Å²) in [5.41, 5.74) is -5.35. The first-order valence-electron chi connectivity index (χ1n) is 25.0. The van der Waals surface area contributed by atoms with Crippen LogP contribution >= 0.6 is 11.6 Å². The van der Waals surface area contributed by atoms with Crippen LogP contribution in [0.3, 0.4) is 0 Å². The van der Waals surface area contributed by atoms with Gasteiger partial charge in [-0.25, -0.2) is 26.7 Å². The standard InChI is InChI=1S/C54H56ClF13N7O5/c1-72-33-39(53(63,64)65)29-70-50(72)48-36(24-41(56)27-43(48)58)31-74-13-9-35(7-8-47(76)69-12-16-78-18-20-80-22-21-79-19-17-77-15-6-4-3-5-11-55)23-45(74)46-26-38(52(60,61)62)10-14-75(46)32-37-25-42(57)28-44(59)49(37)51-71-30-40(34-73(51)2)54(66,67)68/h9-10,13-14,23-30,33-34H,3-8,11-12,15-22,31-32H2,1-2H3/q+3/p+1. The van der Waals surface area contributed by atoms with Crippen LogP contribution in [0.4, 0.5) is 57.1 Å². The zero-order valence-corrected chi connectivity index (χ0v) is 44.1. The van der Waals surface area contributed by atoms with Crippen LogP contribution in [0, 0.1) is 23.3 Å². The summed E-state index contributed by atoms with van der Waals surface area (Å²) in [7, 11) is 2.26. The van der Waals surface area contributed by atoms with Gasteiger partial charge in [0.15, 0.2) is 37.9 Å². The predicted octanol–water partition coefficient (Wildman–Crippen LogP) is 9.33. The number of aryl methyl sites for hydroxylation is 3. The Morgan fingerprint density at radius 1 is 0.562 bits per heavy atom. The second-order valence-electron chi connectivity index (χ2n) is 18.3. The average Bonchev–Trinajstić information content (AvgIpc) is 3.44. The number of unbranched alkanes of at least 4 members (excludes halogenated alkanes) is 3. The zero-order valence-electron chi connectivity index (χ0n) is 43.3. The molecule has 1 N–H and O–H groups in total. The van der Waals surface area contributed by atoms with Crippen molar-refractivity contribution in [3.05, 3.63) is 142 Å². The lowest BCUT2D eigenvalue weighted by molar-refractivity contribution is -0.707. The van der Waals surface area contributed by atoms with Crippen molar-refractivity contribution >= 4 is 17.5 Å². The van der Waals surface area contributed by atoms with E-state index >= 15 is 17.6 Å². The fourth-order valence-electron chi connectivity index (χ4n) is 8.37. The predicted molar refractivity (Wildman–Crippen MR) is 261 cm³/mol. The highest BCUT2D eigenvalue weighted by Crippen LogP contribution is 2.34. The van der Waals surface area contributed by atoms with E-state index in [4.69, 9.17) is 30.5 Å². The second-order valence-corrected chi connectivity index (χ2v) is 18.6. The molecule has 0 saturated carbocycles. The number of hydrogen-bond donors (Lipinski definition) is 1. The molecule has 0 saturated heterocycles. The molecule has 0 aliphatic rings. The van der Waals surface area contributed by atoms with Gasteiger partial charge in [-0.15, -0.1) is 11.6 Å². The molecule has 6 aromatic rings. The fraction of sp³-hybridized carbons (Fsp3) is 0.426. The van der Waals surface area contributed by atoms with E-state index in [0.29, 0.717) is 93.5 Å². The number of carbonyl (C=O) groups is 1. The Kier molecular flexibility index (Phi) is 22.6. The molecule has 0 unspecified atom stereocenters. The number of alkyl halides is 10. The van der Waals surface area contributed by atoms with Crippen LogP contribution in [0.5, 0.6) is 0 Å². The topological polar surface area (TPSA) is 107 Å². The minimum Gasteiger partial charge on any atom is -0.379 e. The number of carbonyl (C=O) groups excluding carboxylic acids is 1. The molecule has 6 rings (SSSR count). The van der Waals surface area contributed by atoms with E-state index in [1.807, 2.05) is 0 Å². The molecule has 1 amide bonds. The molecular weight excluding hydrogens is 1110 g/mol. The van der Waals surface area contributed by atoms with Crippen molar-refractivity contribution in [1.29, 1.82) is 0 Å². The maximum absolute atomic E-state index is 16.0. The van der Waals surface area contributed by atoms with Crippen molar-refractivity contribution in [2.24, 2.45) is 14.1 Å². The molecule has 4 aromatic heterocycles. The van der Waals surface area contributed by atoms with Gasteiger partial charge in [0.05, 0.1) is 65.9 Å². The molecule has 432 valence electrons. The number of hydrogen-bond acceptors (Lipinski definition) is 7. The molecule has 0 spiro atoms. The molecule has 0 atom stereocenters. The number of nitrogens with zero attached hydrogens (tertiary/aromatic N) is 6. The van der Waals surface area contributed by atoms with Gasteiger partial charge in [0.2, 0.25) is 5.91 Å². The average molecular weight is 1170 g/mol. The van der Waals surface area contributed by atoms with Crippen LogP contribution in [0.25, 0.3) is 34.2 Å². The highest BCUT2D eigenvalue weighted by molar-refractivity contribution is 6.17. The van der Waals surface area contributed by atoms with Crippen LogP contribution in [-0.2, 0) is 75.9 Å². The van der Waals surface area contributed by atoms with Gasteiger partial charge in [-0.3, -0.25) is 4.79 Å². The van der Waals surface area contributed by atoms with Gasteiger partial charge in [-0.05, 0) is 46.9 Å². The smallest absolute Gasteiger partial charge is 0.379 e. The summed E-state index contributed by atoms with van der Waals surface area (Å²) in [4.78, 5) is 20.7. The third-order valence-corrected chi connectivity index (χ3v) is 12.5. The number of nitrogens with one attached hydrogen (secondary N) is 1. The summed E-state index contributed by atoms with van der Waals surface area (Å²) in [6.07, 6.45) is -6.51. The molecular formula is C54H57ClF13N7O5+4. The second kappa shape index (κ2) is 28.8. The summed E-state index contributed by atoms with van der Waals surface area (Å²) in [6, 6.07) is 6.75. The first-order valence-corrected chi connectivity index (χ1v) is 25.6. The first-order chi connectivity index (χ1) is 37.9. The quantitative estimate of drug-likeness (QED) is 0.0226. The minimum atomic E-state index is -5.02. The van der Waals surface area contributed by atoms with Gasteiger partial charge in [-0.2, -0.15) is 48.6 Å². The van der Waals surface area contributed by atoms with Crippen molar-refractivity contribution in [3.63, 3.8) is 0 Å². The Morgan fingerprint density at radius 3 is 1.49 bits per heavy atom. The third-order valence-electron chi connectivity index (χ3n) is 12.3. The summed E-state index contributed by atoms with van der Waals surface area (Å²) in [5.74, 6) is -5.46. The maximum atomic E-state index is 16.0. The minimum absolute atomic E-state index is 0.0446. The van der Waals surface area contributed by atoms with Crippen LogP contribution in [0.2, 0.25) is 0 Å². The summed E-state index contributed by atoms with van der Waals surface area (Å²) < 4.78 is 214. The molecule has 0 aliphatic heterocycles. The summed E-state index contributed by atoms with van der Waals surface area (Å²) >= 11 is 5.67. The van der Waals surface area contributed by atoms with E-state index in [1.165, 1.54) is 22.9 Å². The van der Waals surface area contributed by atoms with Crippen LogP contribution in [-0.4, -0.2) is 81.2 Å². The fourth-order valence-corrected chi connectivity index (χ4v) is 8.56. The van der Waals surface area contributed by atoms with Gasteiger partial charge in [0, 0.05) is 73.0 Å². The highest BCUT2D eigenvalue weighted by atomic mass is 35.5. The molecule has 0 aliphatic carbocycles. The SMILES string of the molecule is C[n+]1cc(C(F)(F)F)cnc1-c1c(F)cc(F)cc1C[n+]1ccc(CCC(=O)NCCOCCOCCOCCOCCCCCCCl)cc1-c1cc(C(F)(F)F)cc[n+]1Cc1cc(F)cc(F)c1-c1ncc(C(F)(F)F)c[n+]1C. The van der Waals surface area contributed by atoms with E-state index in [9.17, 15) is 44.3 Å².